The summed E-state index contributed by atoms with van der Waals surface area (Å²) in [5.74, 6) is 0.949. The fourth-order valence-corrected chi connectivity index (χ4v) is 3.06. The van der Waals surface area contributed by atoms with Crippen molar-refractivity contribution in [3.05, 3.63) is 58.0 Å². The minimum atomic E-state index is 0.767. The molecule has 0 saturated carbocycles. The number of nitrogens with one attached hydrogen (secondary N) is 1. The van der Waals surface area contributed by atoms with Crippen LogP contribution in [0.1, 0.15) is 5.56 Å². The zero-order valence-corrected chi connectivity index (χ0v) is 12.0. The Labute approximate surface area is 118 Å². The minimum absolute atomic E-state index is 0.767. The summed E-state index contributed by atoms with van der Waals surface area (Å²) in [7, 11) is 0. The molecule has 0 atom stereocenters. The number of pyridine rings is 1. The number of benzene rings is 1. The van der Waals surface area contributed by atoms with Crippen LogP contribution in [0.25, 0.3) is 10.1 Å². The number of fused-ring (bicyclic) bond motifs is 1. The second-order valence-electron chi connectivity index (χ2n) is 3.94. The van der Waals surface area contributed by atoms with E-state index in [-0.39, 0.29) is 0 Å². The molecule has 0 aliphatic rings. The molecular weight excluding hydrogens is 308 g/mol. The normalized spacial score (nSPS) is 10.7. The van der Waals surface area contributed by atoms with Crippen molar-refractivity contribution in [2.45, 2.75) is 6.54 Å². The second kappa shape index (κ2) is 5.08. The molecule has 2 aromatic heterocycles. The third-order valence-electron chi connectivity index (χ3n) is 2.78. The van der Waals surface area contributed by atoms with Crippen molar-refractivity contribution >= 4 is 43.2 Å². The van der Waals surface area contributed by atoms with Gasteiger partial charge in [-0.25, -0.2) is 4.98 Å². The van der Waals surface area contributed by atoms with Crippen molar-refractivity contribution in [3.63, 3.8) is 0 Å². The molecule has 1 aromatic carbocycles. The Kier molecular flexibility index (Phi) is 3.30. The summed E-state index contributed by atoms with van der Waals surface area (Å²) in [6, 6.07) is 12.4. The van der Waals surface area contributed by atoms with Crippen LogP contribution in [0.5, 0.6) is 0 Å². The van der Waals surface area contributed by atoms with Crippen molar-refractivity contribution in [2.75, 3.05) is 5.32 Å². The van der Waals surface area contributed by atoms with E-state index in [9.17, 15) is 0 Å². The highest BCUT2D eigenvalue weighted by atomic mass is 79.9. The van der Waals surface area contributed by atoms with Crippen molar-refractivity contribution in [1.82, 2.24) is 4.98 Å². The fourth-order valence-electron chi connectivity index (χ4n) is 1.86. The summed E-state index contributed by atoms with van der Waals surface area (Å²) in [6.45, 7) is 0.767. The first-order valence-electron chi connectivity index (χ1n) is 5.64. The Morgan fingerprint density at radius 3 is 2.94 bits per heavy atom. The number of halogens is 1. The summed E-state index contributed by atoms with van der Waals surface area (Å²) in [6.07, 6.45) is 1.85. The molecule has 0 spiro atoms. The van der Waals surface area contributed by atoms with Crippen LogP contribution in [-0.4, -0.2) is 4.98 Å². The van der Waals surface area contributed by atoms with E-state index < -0.39 is 0 Å². The summed E-state index contributed by atoms with van der Waals surface area (Å²) in [5, 5.41) is 6.68. The summed E-state index contributed by atoms with van der Waals surface area (Å²) < 4.78 is 2.38. The number of hydrogen-bond acceptors (Lipinski definition) is 3. The fraction of sp³-hybridized carbons (Fsp3) is 0.0714. The molecule has 18 heavy (non-hydrogen) atoms. The van der Waals surface area contributed by atoms with E-state index in [0.717, 1.165) is 16.8 Å². The number of rotatable bonds is 3. The molecule has 0 amide bonds. The Hall–Kier alpha value is -1.39. The maximum Gasteiger partial charge on any atom is 0.134 e. The first-order valence-corrected chi connectivity index (χ1v) is 7.31. The van der Waals surface area contributed by atoms with Gasteiger partial charge in [0.05, 0.1) is 0 Å². The van der Waals surface area contributed by atoms with Gasteiger partial charge in [0.2, 0.25) is 0 Å². The maximum atomic E-state index is 4.40. The zero-order valence-electron chi connectivity index (χ0n) is 9.56. The van der Waals surface area contributed by atoms with Crippen LogP contribution in [-0.2, 0) is 6.54 Å². The van der Waals surface area contributed by atoms with Crippen LogP contribution >= 0.6 is 27.3 Å². The number of thiophene rings is 1. The average molecular weight is 319 g/mol. The quantitative estimate of drug-likeness (QED) is 0.759. The smallest absolute Gasteiger partial charge is 0.134 e. The van der Waals surface area contributed by atoms with Gasteiger partial charge >= 0.3 is 0 Å². The molecule has 4 heteroatoms. The molecule has 2 nitrogen and oxygen atoms in total. The molecule has 0 aliphatic heterocycles. The molecule has 1 N–H and O–H groups in total. The van der Waals surface area contributed by atoms with Crippen molar-refractivity contribution < 1.29 is 0 Å². The molecule has 0 saturated heterocycles. The molecule has 0 fully saturated rings. The van der Waals surface area contributed by atoms with E-state index in [1.54, 1.807) is 11.3 Å². The van der Waals surface area contributed by atoms with Gasteiger partial charge in [-0.3, -0.25) is 0 Å². The number of aromatic nitrogens is 1. The molecule has 3 aromatic rings. The highest BCUT2D eigenvalue weighted by molar-refractivity contribution is 9.10. The van der Waals surface area contributed by atoms with E-state index in [1.165, 1.54) is 15.6 Å². The first-order chi connectivity index (χ1) is 8.84. The standard InChI is InChI=1S/C14H11BrN2S/c15-12-4-2-1-3-10(12)9-17-14-11-6-8-18-13(11)5-7-16-14/h1-8H,9H2,(H,16,17). The topological polar surface area (TPSA) is 24.9 Å². The lowest BCUT2D eigenvalue weighted by molar-refractivity contribution is 1.11. The van der Waals surface area contributed by atoms with Gasteiger partial charge < -0.3 is 5.32 Å². The van der Waals surface area contributed by atoms with Crippen LogP contribution in [0.15, 0.2) is 52.4 Å². The van der Waals surface area contributed by atoms with Crippen LogP contribution in [0.4, 0.5) is 5.82 Å². The predicted octanol–water partition coefficient (Wildman–Crippen LogP) is 4.67. The third kappa shape index (κ3) is 2.26. The zero-order chi connectivity index (χ0) is 12.4. The predicted molar refractivity (Wildman–Crippen MR) is 81.1 cm³/mol. The molecule has 90 valence electrons. The monoisotopic (exact) mass is 318 g/mol. The van der Waals surface area contributed by atoms with Gasteiger partial charge in [-0.1, -0.05) is 34.1 Å². The Balaban J connectivity index is 1.85. The van der Waals surface area contributed by atoms with Crippen LogP contribution in [0, 0.1) is 0 Å². The molecule has 2 heterocycles. The molecular formula is C14H11BrN2S. The molecule has 0 aliphatic carbocycles. The third-order valence-corrected chi connectivity index (χ3v) is 4.44. The number of anilines is 1. The van der Waals surface area contributed by atoms with Crippen LogP contribution in [0.3, 0.4) is 0 Å². The van der Waals surface area contributed by atoms with Crippen molar-refractivity contribution in [3.8, 4) is 0 Å². The van der Waals surface area contributed by atoms with E-state index in [0.29, 0.717) is 0 Å². The van der Waals surface area contributed by atoms with E-state index in [2.05, 4.69) is 49.8 Å². The Morgan fingerprint density at radius 2 is 2.06 bits per heavy atom. The Bertz CT molecular complexity index is 678. The lowest BCUT2D eigenvalue weighted by Gasteiger charge is -2.08. The van der Waals surface area contributed by atoms with Crippen molar-refractivity contribution in [1.29, 1.82) is 0 Å². The molecule has 3 rings (SSSR count). The van der Waals surface area contributed by atoms with E-state index >= 15 is 0 Å². The Morgan fingerprint density at radius 1 is 1.17 bits per heavy atom. The summed E-state index contributed by atoms with van der Waals surface area (Å²) in [4.78, 5) is 4.40. The second-order valence-corrected chi connectivity index (χ2v) is 5.74. The number of nitrogens with zero attached hydrogens (tertiary/aromatic N) is 1. The van der Waals surface area contributed by atoms with Crippen LogP contribution in [0.2, 0.25) is 0 Å². The SMILES string of the molecule is Brc1ccccc1CNc1nccc2sccc12. The highest BCUT2D eigenvalue weighted by Gasteiger charge is 2.04. The van der Waals surface area contributed by atoms with E-state index in [1.807, 2.05) is 24.4 Å². The van der Waals surface area contributed by atoms with Gasteiger partial charge in [-0.05, 0) is 29.1 Å². The summed E-state index contributed by atoms with van der Waals surface area (Å²) >= 11 is 5.29. The lowest BCUT2D eigenvalue weighted by atomic mass is 10.2. The maximum absolute atomic E-state index is 4.40. The van der Waals surface area contributed by atoms with Gasteiger partial charge in [-0.15, -0.1) is 11.3 Å². The molecule has 0 radical (unpaired) electrons. The lowest BCUT2D eigenvalue weighted by Crippen LogP contribution is -2.01. The summed E-state index contributed by atoms with van der Waals surface area (Å²) in [5.41, 5.74) is 1.23. The average Bonchev–Trinajstić information content (AvgIpc) is 2.86. The van der Waals surface area contributed by atoms with Gasteiger partial charge in [0.1, 0.15) is 5.82 Å². The minimum Gasteiger partial charge on any atom is -0.365 e. The van der Waals surface area contributed by atoms with Gasteiger partial charge in [0.15, 0.2) is 0 Å². The largest absolute Gasteiger partial charge is 0.365 e. The van der Waals surface area contributed by atoms with Crippen molar-refractivity contribution in [2.24, 2.45) is 0 Å². The van der Waals surface area contributed by atoms with Gasteiger partial charge in [0.25, 0.3) is 0 Å². The molecule has 0 bridgehead atoms. The van der Waals surface area contributed by atoms with Crippen LogP contribution < -0.4 is 5.32 Å². The highest BCUT2D eigenvalue weighted by Crippen LogP contribution is 2.26. The van der Waals surface area contributed by atoms with Gasteiger partial charge in [0, 0.05) is 27.3 Å². The van der Waals surface area contributed by atoms with E-state index in [4.69, 9.17) is 0 Å². The van der Waals surface area contributed by atoms with Gasteiger partial charge in [-0.2, -0.15) is 0 Å². The first kappa shape index (κ1) is 11.7. The number of hydrogen-bond donors (Lipinski definition) is 1. The molecule has 0 unspecified atom stereocenters.